The summed E-state index contributed by atoms with van der Waals surface area (Å²) in [6.45, 7) is 0.563. The highest BCUT2D eigenvalue weighted by atomic mass is 35.5. The first kappa shape index (κ1) is 17.3. The third-order valence-electron chi connectivity index (χ3n) is 4.02. The van der Waals surface area contributed by atoms with Gasteiger partial charge in [0.1, 0.15) is 10.3 Å². The Morgan fingerprint density at radius 3 is 2.43 bits per heavy atom. The number of rotatable bonds is 3. The summed E-state index contributed by atoms with van der Waals surface area (Å²) in [7, 11) is 1.93. The van der Waals surface area contributed by atoms with Gasteiger partial charge in [-0.1, -0.05) is 46.4 Å². The van der Waals surface area contributed by atoms with E-state index in [-0.39, 0.29) is 6.04 Å². The van der Waals surface area contributed by atoms with Crippen LogP contribution in [0.1, 0.15) is 22.7 Å². The van der Waals surface area contributed by atoms with E-state index in [2.05, 4.69) is 4.98 Å². The number of aliphatic hydroxyl groups is 1. The predicted molar refractivity (Wildman–Crippen MR) is 94.6 cm³/mol. The number of aromatic nitrogens is 1. The van der Waals surface area contributed by atoms with E-state index in [0.29, 0.717) is 33.3 Å². The molecule has 1 aromatic heterocycles. The van der Waals surface area contributed by atoms with E-state index >= 15 is 0 Å². The van der Waals surface area contributed by atoms with Gasteiger partial charge in [-0.3, -0.25) is 4.90 Å². The number of likely N-dealkylation sites (N-methyl/N-ethyl adjacent to an activating group) is 1. The Morgan fingerprint density at radius 1 is 1.13 bits per heavy atom. The minimum absolute atomic E-state index is 0.188. The van der Waals surface area contributed by atoms with Crippen molar-refractivity contribution < 1.29 is 5.11 Å². The Morgan fingerprint density at radius 2 is 1.78 bits per heavy atom. The lowest BCUT2D eigenvalue weighted by Crippen LogP contribution is -2.30. The van der Waals surface area contributed by atoms with Gasteiger partial charge in [-0.15, -0.1) is 0 Å². The molecule has 0 spiro atoms. The van der Waals surface area contributed by atoms with E-state index in [1.54, 1.807) is 18.2 Å². The van der Waals surface area contributed by atoms with Gasteiger partial charge >= 0.3 is 0 Å². The van der Waals surface area contributed by atoms with Crippen molar-refractivity contribution in [1.82, 2.24) is 9.88 Å². The van der Waals surface area contributed by atoms with E-state index in [9.17, 15) is 5.11 Å². The zero-order valence-electron chi connectivity index (χ0n) is 12.2. The third-order valence-corrected chi connectivity index (χ3v) is 4.96. The van der Waals surface area contributed by atoms with Crippen LogP contribution in [0.2, 0.25) is 20.4 Å². The molecule has 2 aromatic rings. The Hall–Kier alpha value is -0.550. The molecule has 23 heavy (non-hydrogen) atoms. The summed E-state index contributed by atoms with van der Waals surface area (Å²) in [4.78, 5) is 5.97. The van der Waals surface area contributed by atoms with Crippen molar-refractivity contribution in [1.29, 1.82) is 0 Å². The number of nitrogens with zero attached hydrogens (tertiary/aromatic N) is 2. The van der Waals surface area contributed by atoms with Crippen LogP contribution in [0.3, 0.4) is 0 Å². The Balaban J connectivity index is 1.90. The van der Waals surface area contributed by atoms with Crippen LogP contribution in [0.4, 0.5) is 0 Å². The van der Waals surface area contributed by atoms with Crippen molar-refractivity contribution in [3.05, 3.63) is 61.3 Å². The molecule has 0 saturated heterocycles. The van der Waals surface area contributed by atoms with Crippen molar-refractivity contribution in [2.24, 2.45) is 0 Å². The number of pyridine rings is 1. The van der Waals surface area contributed by atoms with Gasteiger partial charge in [0.25, 0.3) is 0 Å². The second-order valence-corrected chi connectivity index (χ2v) is 7.33. The molecular weight excluding hydrogens is 378 g/mol. The summed E-state index contributed by atoms with van der Waals surface area (Å²) in [5.41, 5.74) is 2.83. The lowest BCUT2D eigenvalue weighted by Gasteiger charge is -2.28. The fraction of sp³-hybridized carbons (Fsp3) is 0.312. The molecule has 0 fully saturated rings. The molecule has 0 unspecified atom stereocenters. The average molecular weight is 392 g/mol. The molecule has 0 aliphatic heterocycles. The highest BCUT2D eigenvalue weighted by Crippen LogP contribution is 2.41. The van der Waals surface area contributed by atoms with Crippen molar-refractivity contribution in [3.8, 4) is 0 Å². The van der Waals surface area contributed by atoms with Gasteiger partial charge in [-0.05, 0) is 48.0 Å². The molecular formula is C16H14Cl4N2O. The fourth-order valence-corrected chi connectivity index (χ4v) is 4.25. The normalized spacial score (nSPS) is 20.1. The van der Waals surface area contributed by atoms with E-state index in [1.165, 1.54) is 0 Å². The first-order valence-corrected chi connectivity index (χ1v) is 8.54. The van der Waals surface area contributed by atoms with Gasteiger partial charge in [-0.25, -0.2) is 4.98 Å². The van der Waals surface area contributed by atoms with Crippen LogP contribution >= 0.6 is 46.4 Å². The smallest absolute Gasteiger partial charge is 0.131 e. The summed E-state index contributed by atoms with van der Waals surface area (Å²) in [5, 5.41) is 12.3. The van der Waals surface area contributed by atoms with Gasteiger partial charge in [0.2, 0.25) is 0 Å². The zero-order valence-corrected chi connectivity index (χ0v) is 15.3. The molecule has 1 aromatic carbocycles. The second-order valence-electron chi connectivity index (χ2n) is 5.71. The summed E-state index contributed by atoms with van der Waals surface area (Å²) in [6, 6.07) is 6.91. The predicted octanol–water partition coefficient (Wildman–Crippen LogP) is 4.79. The first-order valence-electron chi connectivity index (χ1n) is 7.03. The Bertz CT molecular complexity index is 733. The quantitative estimate of drug-likeness (QED) is 0.764. The van der Waals surface area contributed by atoms with Crippen molar-refractivity contribution in [2.45, 2.75) is 25.1 Å². The average Bonchev–Trinajstić information content (AvgIpc) is 2.74. The van der Waals surface area contributed by atoms with Crippen molar-refractivity contribution in [2.75, 3.05) is 7.05 Å². The van der Waals surface area contributed by atoms with Crippen LogP contribution in [-0.2, 0) is 13.0 Å². The topological polar surface area (TPSA) is 36.4 Å². The largest absolute Gasteiger partial charge is 0.391 e. The zero-order chi connectivity index (χ0) is 16.7. The highest BCUT2D eigenvalue weighted by molar-refractivity contribution is 6.35. The van der Waals surface area contributed by atoms with E-state index in [0.717, 1.165) is 16.7 Å². The molecule has 122 valence electrons. The molecule has 2 atom stereocenters. The van der Waals surface area contributed by atoms with E-state index < -0.39 is 6.10 Å². The molecule has 3 rings (SSSR count). The van der Waals surface area contributed by atoms with Crippen molar-refractivity contribution >= 4 is 46.4 Å². The first-order chi connectivity index (χ1) is 10.8. The number of hydrogen-bond donors (Lipinski definition) is 1. The lowest BCUT2D eigenvalue weighted by molar-refractivity contribution is 0.0725. The summed E-state index contributed by atoms with van der Waals surface area (Å²) in [6.07, 6.45) is -0.0307. The Labute approximate surface area is 154 Å². The maximum absolute atomic E-state index is 10.5. The molecule has 0 bridgehead atoms. The van der Waals surface area contributed by atoms with Crippen LogP contribution in [0.15, 0.2) is 24.3 Å². The maximum Gasteiger partial charge on any atom is 0.131 e. The van der Waals surface area contributed by atoms with E-state index in [4.69, 9.17) is 46.4 Å². The molecule has 3 nitrogen and oxygen atoms in total. The number of aliphatic hydroxyl groups excluding tert-OH is 1. The molecule has 0 radical (unpaired) electrons. The number of benzene rings is 1. The summed E-state index contributed by atoms with van der Waals surface area (Å²) >= 11 is 24.3. The highest BCUT2D eigenvalue weighted by Gasteiger charge is 2.35. The monoisotopic (exact) mass is 390 g/mol. The van der Waals surface area contributed by atoms with Gasteiger partial charge in [0.05, 0.1) is 12.1 Å². The minimum atomic E-state index is -0.543. The van der Waals surface area contributed by atoms with Crippen LogP contribution in [0.25, 0.3) is 0 Å². The SMILES string of the molecule is CN(Cc1cc(Cl)nc(Cl)c1)[C@H]1c2cc(Cl)cc(Cl)c2C[C@@H]1O. The van der Waals surface area contributed by atoms with Crippen LogP contribution in [-0.4, -0.2) is 28.1 Å². The third kappa shape index (κ3) is 3.60. The summed E-state index contributed by atoms with van der Waals surface area (Å²) in [5.74, 6) is 0. The molecule has 1 heterocycles. The molecule has 1 N–H and O–H groups in total. The lowest BCUT2D eigenvalue weighted by atomic mass is 10.1. The Kier molecular flexibility index (Phi) is 5.07. The molecule has 1 aliphatic rings. The van der Waals surface area contributed by atoms with Gasteiger partial charge < -0.3 is 5.11 Å². The molecule has 1 aliphatic carbocycles. The molecule has 0 saturated carbocycles. The number of fused-ring (bicyclic) bond motifs is 1. The number of hydrogen-bond acceptors (Lipinski definition) is 3. The standard InChI is InChI=1S/C16H14Cl4N2O/c1-22(7-8-2-14(19)21-15(20)3-8)16-11-4-9(17)5-12(18)10(11)6-13(16)23/h2-5,13,16,23H,6-7H2,1H3/t13-,16-/m0/s1. The van der Waals surface area contributed by atoms with Crippen LogP contribution in [0.5, 0.6) is 0 Å². The molecule has 0 amide bonds. The summed E-state index contributed by atoms with van der Waals surface area (Å²) < 4.78 is 0. The van der Waals surface area contributed by atoms with E-state index in [1.807, 2.05) is 18.0 Å². The van der Waals surface area contributed by atoms with Crippen LogP contribution < -0.4 is 0 Å². The fourth-order valence-electron chi connectivity index (χ4n) is 3.15. The molecule has 7 heteroatoms. The second kappa shape index (κ2) is 6.75. The number of halogens is 4. The maximum atomic E-state index is 10.5. The van der Waals surface area contributed by atoms with Gasteiger partial charge in [-0.2, -0.15) is 0 Å². The van der Waals surface area contributed by atoms with Crippen LogP contribution in [0, 0.1) is 0 Å². The minimum Gasteiger partial charge on any atom is -0.391 e. The van der Waals surface area contributed by atoms with Crippen molar-refractivity contribution in [3.63, 3.8) is 0 Å². The van der Waals surface area contributed by atoms with Gasteiger partial charge in [0.15, 0.2) is 0 Å². The van der Waals surface area contributed by atoms with Gasteiger partial charge in [0, 0.05) is 23.0 Å².